The fraction of sp³-hybridized carbons (Fsp3) is 0.786. The van der Waals surface area contributed by atoms with E-state index in [1.807, 2.05) is 0 Å². The summed E-state index contributed by atoms with van der Waals surface area (Å²) in [5, 5.41) is 0. The average molecular weight is 284 g/mol. The van der Waals surface area contributed by atoms with E-state index in [1.54, 1.807) is 14.2 Å². The van der Waals surface area contributed by atoms with Crippen LogP contribution in [0.5, 0.6) is 0 Å². The number of esters is 1. The van der Waals surface area contributed by atoms with Crippen molar-refractivity contribution in [3.63, 3.8) is 0 Å². The van der Waals surface area contributed by atoms with Gasteiger partial charge in [0.15, 0.2) is 0 Å². The van der Waals surface area contributed by atoms with E-state index in [0.717, 1.165) is 25.3 Å². The van der Waals surface area contributed by atoms with Gasteiger partial charge in [-0.15, -0.1) is 0 Å². The molecule has 2 aliphatic rings. The van der Waals surface area contributed by atoms with Gasteiger partial charge in [0.1, 0.15) is 0 Å². The third-order valence-corrected chi connectivity index (χ3v) is 6.32. The summed E-state index contributed by atoms with van der Waals surface area (Å²) in [5.74, 6) is 1.15. The fourth-order valence-electron chi connectivity index (χ4n) is 3.23. The standard InChI is InChI=1S/C14H24O4Si/c1-10-7-12-8-11(10)9-13(12)14(15)18-5-4-6-19(16-2)17-3/h7,11-13,19H,4-6,8-9H2,1-3H3. The quantitative estimate of drug-likeness (QED) is 0.311. The van der Waals surface area contributed by atoms with Crippen LogP contribution in [0.25, 0.3) is 0 Å². The first-order chi connectivity index (χ1) is 9.15. The van der Waals surface area contributed by atoms with E-state index in [0.29, 0.717) is 18.4 Å². The molecule has 0 aromatic carbocycles. The Morgan fingerprint density at radius 3 is 2.63 bits per heavy atom. The molecule has 0 heterocycles. The zero-order chi connectivity index (χ0) is 13.8. The second-order valence-corrected chi connectivity index (χ2v) is 7.94. The molecule has 2 rings (SSSR count). The molecule has 0 aliphatic heterocycles. The summed E-state index contributed by atoms with van der Waals surface area (Å²) in [6.45, 7) is 2.66. The van der Waals surface area contributed by atoms with Gasteiger partial charge >= 0.3 is 15.3 Å². The highest BCUT2D eigenvalue weighted by Gasteiger charge is 2.43. The topological polar surface area (TPSA) is 44.8 Å². The lowest BCUT2D eigenvalue weighted by Gasteiger charge is -2.18. The summed E-state index contributed by atoms with van der Waals surface area (Å²) in [6, 6.07) is 0.885. The zero-order valence-electron chi connectivity index (χ0n) is 12.1. The Balaban J connectivity index is 1.66. The lowest BCUT2D eigenvalue weighted by molar-refractivity contribution is -0.149. The molecule has 0 radical (unpaired) electrons. The van der Waals surface area contributed by atoms with Gasteiger partial charge in [0.05, 0.1) is 12.5 Å². The van der Waals surface area contributed by atoms with Crippen LogP contribution in [-0.4, -0.2) is 36.1 Å². The van der Waals surface area contributed by atoms with Gasteiger partial charge in [-0.25, -0.2) is 0 Å². The minimum atomic E-state index is -1.50. The largest absolute Gasteiger partial charge is 0.465 e. The van der Waals surface area contributed by atoms with Crippen molar-refractivity contribution in [3.05, 3.63) is 11.6 Å². The van der Waals surface area contributed by atoms with Gasteiger partial charge in [-0.1, -0.05) is 11.6 Å². The van der Waals surface area contributed by atoms with Crippen molar-refractivity contribution in [1.29, 1.82) is 0 Å². The summed E-state index contributed by atoms with van der Waals surface area (Å²) in [6.07, 6.45) is 5.23. The minimum absolute atomic E-state index is 0.00991. The van der Waals surface area contributed by atoms with Crippen LogP contribution >= 0.6 is 0 Å². The van der Waals surface area contributed by atoms with Crippen LogP contribution in [0, 0.1) is 17.8 Å². The molecule has 2 bridgehead atoms. The van der Waals surface area contributed by atoms with Gasteiger partial charge in [-0.2, -0.15) is 0 Å². The first-order valence-electron chi connectivity index (χ1n) is 7.06. The number of hydrogen-bond donors (Lipinski definition) is 0. The highest BCUT2D eigenvalue weighted by Crippen LogP contribution is 2.47. The fourth-order valence-corrected chi connectivity index (χ4v) is 4.40. The molecule has 5 heteroatoms. The molecule has 0 aromatic heterocycles. The normalized spacial score (nSPS) is 28.8. The van der Waals surface area contributed by atoms with Crippen molar-refractivity contribution in [3.8, 4) is 0 Å². The molecule has 4 nitrogen and oxygen atoms in total. The molecule has 2 aliphatic carbocycles. The molecule has 0 amide bonds. The van der Waals surface area contributed by atoms with Gasteiger partial charge in [0.2, 0.25) is 0 Å². The second kappa shape index (κ2) is 6.68. The van der Waals surface area contributed by atoms with Gasteiger partial charge in [-0.3, -0.25) is 4.79 Å². The molecule has 19 heavy (non-hydrogen) atoms. The number of ether oxygens (including phenoxy) is 1. The first kappa shape index (κ1) is 14.7. The maximum absolute atomic E-state index is 12.0. The molecule has 1 fully saturated rings. The molecular formula is C14H24O4Si. The van der Waals surface area contributed by atoms with Crippen molar-refractivity contribution in [2.75, 3.05) is 20.8 Å². The van der Waals surface area contributed by atoms with Gasteiger partial charge in [-0.05, 0) is 44.1 Å². The van der Waals surface area contributed by atoms with E-state index in [9.17, 15) is 4.79 Å². The SMILES string of the molecule is CO[SiH](CCCOC(=O)C1CC2CC1C=C2C)OC. The molecule has 3 unspecified atom stereocenters. The van der Waals surface area contributed by atoms with Crippen LogP contribution in [-0.2, 0) is 18.4 Å². The third kappa shape index (κ3) is 3.46. The van der Waals surface area contributed by atoms with Crippen molar-refractivity contribution in [2.24, 2.45) is 17.8 Å². The number of carbonyl (C=O) groups excluding carboxylic acids is 1. The Bertz CT molecular complexity index is 351. The lowest BCUT2D eigenvalue weighted by atomic mass is 9.90. The van der Waals surface area contributed by atoms with Crippen molar-refractivity contribution >= 4 is 15.3 Å². The molecular weight excluding hydrogens is 260 g/mol. The van der Waals surface area contributed by atoms with E-state index >= 15 is 0 Å². The summed E-state index contributed by atoms with van der Waals surface area (Å²) >= 11 is 0. The molecule has 108 valence electrons. The average Bonchev–Trinajstić information content (AvgIpc) is 2.97. The highest BCUT2D eigenvalue weighted by molar-refractivity contribution is 6.44. The first-order valence-corrected chi connectivity index (χ1v) is 8.82. The Morgan fingerprint density at radius 2 is 2.11 bits per heavy atom. The van der Waals surface area contributed by atoms with E-state index in [1.165, 1.54) is 5.57 Å². The van der Waals surface area contributed by atoms with Crippen molar-refractivity contribution < 1.29 is 18.4 Å². The van der Waals surface area contributed by atoms with Gasteiger partial charge in [0.25, 0.3) is 0 Å². The Labute approximate surface area is 117 Å². The predicted molar refractivity (Wildman–Crippen MR) is 75.0 cm³/mol. The Morgan fingerprint density at radius 1 is 1.37 bits per heavy atom. The molecule has 3 atom stereocenters. The Kier molecular flexibility index (Phi) is 5.18. The minimum Gasteiger partial charge on any atom is -0.465 e. The zero-order valence-corrected chi connectivity index (χ0v) is 13.2. The summed E-state index contributed by atoms with van der Waals surface area (Å²) in [7, 11) is 1.85. The summed E-state index contributed by atoms with van der Waals surface area (Å²) in [4.78, 5) is 12.0. The maximum atomic E-state index is 12.0. The Hall–Kier alpha value is -0.653. The van der Waals surface area contributed by atoms with Crippen molar-refractivity contribution in [2.45, 2.75) is 32.2 Å². The monoisotopic (exact) mass is 284 g/mol. The molecule has 0 N–H and O–H groups in total. The number of hydrogen-bond acceptors (Lipinski definition) is 4. The predicted octanol–water partition coefficient (Wildman–Crippen LogP) is 2.04. The van der Waals surface area contributed by atoms with Crippen LogP contribution in [0.3, 0.4) is 0 Å². The van der Waals surface area contributed by atoms with Crippen LogP contribution in [0.4, 0.5) is 0 Å². The molecule has 0 saturated heterocycles. The number of carbonyl (C=O) groups is 1. The van der Waals surface area contributed by atoms with Crippen LogP contribution < -0.4 is 0 Å². The van der Waals surface area contributed by atoms with Gasteiger partial charge in [0, 0.05) is 14.2 Å². The number of fused-ring (bicyclic) bond motifs is 2. The number of rotatable bonds is 7. The van der Waals surface area contributed by atoms with E-state index < -0.39 is 9.28 Å². The highest BCUT2D eigenvalue weighted by atomic mass is 28.3. The maximum Gasteiger partial charge on any atom is 0.321 e. The smallest absolute Gasteiger partial charge is 0.321 e. The molecule has 1 saturated carbocycles. The number of allylic oxidation sites excluding steroid dienone is 2. The van der Waals surface area contributed by atoms with Crippen LogP contribution in [0.15, 0.2) is 11.6 Å². The summed E-state index contributed by atoms with van der Waals surface area (Å²) in [5.41, 5.74) is 1.46. The van der Waals surface area contributed by atoms with Crippen LogP contribution in [0.1, 0.15) is 26.2 Å². The lowest BCUT2D eigenvalue weighted by Crippen LogP contribution is -2.24. The van der Waals surface area contributed by atoms with Crippen LogP contribution in [0.2, 0.25) is 6.04 Å². The molecule has 0 aromatic rings. The molecule has 0 spiro atoms. The second-order valence-electron chi connectivity index (χ2n) is 5.56. The van der Waals surface area contributed by atoms with E-state index in [-0.39, 0.29) is 11.9 Å². The summed E-state index contributed by atoms with van der Waals surface area (Å²) < 4.78 is 15.8. The van der Waals surface area contributed by atoms with E-state index in [2.05, 4.69) is 13.0 Å². The van der Waals surface area contributed by atoms with E-state index in [4.69, 9.17) is 13.6 Å². The third-order valence-electron chi connectivity index (χ3n) is 4.39. The van der Waals surface area contributed by atoms with Crippen molar-refractivity contribution in [1.82, 2.24) is 0 Å². The van der Waals surface area contributed by atoms with Gasteiger partial charge < -0.3 is 13.6 Å².